The summed E-state index contributed by atoms with van der Waals surface area (Å²) >= 11 is 0. The minimum absolute atomic E-state index is 0. The Morgan fingerprint density at radius 2 is 1.35 bits per heavy atom. The van der Waals surface area contributed by atoms with Crippen molar-refractivity contribution >= 4 is 0 Å². The normalized spacial score (nSPS) is 13.5. The third-order valence-corrected chi connectivity index (χ3v) is 7.89. The zero-order valence-corrected chi connectivity index (χ0v) is 26.9. The molecule has 3 rings (SSSR count). The summed E-state index contributed by atoms with van der Waals surface area (Å²) in [5.74, 6) is 1.45. The van der Waals surface area contributed by atoms with Crippen LogP contribution in [-0.2, 0) is 23.1 Å². The van der Waals surface area contributed by atoms with Crippen molar-refractivity contribution in [2.75, 3.05) is 40.5 Å². The molecule has 0 bridgehead atoms. The lowest BCUT2D eigenvalue weighted by Crippen LogP contribution is -3.00. The number of halogens is 1. The minimum atomic E-state index is 0. The Morgan fingerprint density at radius 1 is 0.750 bits per heavy atom. The number of nitrogens with zero attached hydrogens (tertiary/aromatic N) is 1. The van der Waals surface area contributed by atoms with E-state index >= 15 is 0 Å². The predicted molar refractivity (Wildman–Crippen MR) is 165 cm³/mol. The topological polar surface area (TPSA) is 18.5 Å². The van der Waals surface area contributed by atoms with Crippen LogP contribution in [0.3, 0.4) is 0 Å². The van der Waals surface area contributed by atoms with Crippen LogP contribution < -0.4 is 17.1 Å². The van der Waals surface area contributed by atoms with Crippen molar-refractivity contribution in [3.63, 3.8) is 0 Å². The van der Waals surface area contributed by atoms with Crippen molar-refractivity contribution in [2.24, 2.45) is 11.3 Å². The first-order valence-electron chi connectivity index (χ1n) is 14.6. The summed E-state index contributed by atoms with van der Waals surface area (Å²) in [5, 5.41) is 0. The van der Waals surface area contributed by atoms with Crippen LogP contribution in [0.2, 0.25) is 0 Å². The van der Waals surface area contributed by atoms with Gasteiger partial charge in [-0.2, -0.15) is 0 Å². The monoisotopic (exact) mass is 565 g/mol. The standard InChI is InChI=1S/C36H52NO2.ClH/c1-29(2)36(6,28-35(3,4)5)34-20-19-33(26-32(34)25-30-15-11-9-12-16-30)39-24-23-38-22-21-37(7,8)27-31-17-13-10-14-18-31;/h9-20,26,29H,21-25,27-28H2,1-8H3;1H/q+1;/p-1. The van der Waals surface area contributed by atoms with E-state index in [1.54, 1.807) is 0 Å². The fraction of sp³-hybridized carbons (Fsp3) is 0.500. The lowest BCUT2D eigenvalue weighted by Gasteiger charge is -2.41. The van der Waals surface area contributed by atoms with Crippen molar-refractivity contribution in [1.29, 1.82) is 0 Å². The molecule has 1 unspecified atom stereocenters. The Bertz CT molecular complexity index is 1140. The molecule has 40 heavy (non-hydrogen) atoms. The van der Waals surface area contributed by atoms with E-state index in [4.69, 9.17) is 9.47 Å². The summed E-state index contributed by atoms with van der Waals surface area (Å²) in [6.07, 6.45) is 2.04. The van der Waals surface area contributed by atoms with Crippen molar-refractivity contribution in [2.45, 2.75) is 66.3 Å². The smallest absolute Gasteiger partial charge is 0.119 e. The van der Waals surface area contributed by atoms with Gasteiger partial charge in [-0.25, -0.2) is 0 Å². The molecule has 0 amide bonds. The molecule has 0 saturated carbocycles. The van der Waals surface area contributed by atoms with Gasteiger partial charge in [-0.15, -0.1) is 0 Å². The van der Waals surface area contributed by atoms with Crippen LogP contribution in [0.15, 0.2) is 78.9 Å². The largest absolute Gasteiger partial charge is 1.00 e. The maximum absolute atomic E-state index is 6.21. The molecule has 0 aliphatic carbocycles. The highest BCUT2D eigenvalue weighted by atomic mass is 35.5. The van der Waals surface area contributed by atoms with Gasteiger partial charge in [0, 0.05) is 5.56 Å². The van der Waals surface area contributed by atoms with Gasteiger partial charge in [0.2, 0.25) is 0 Å². The van der Waals surface area contributed by atoms with Crippen LogP contribution in [0, 0.1) is 11.3 Å². The van der Waals surface area contributed by atoms with E-state index in [9.17, 15) is 0 Å². The molecule has 1 atom stereocenters. The Balaban J connectivity index is 0.00000560. The first-order chi connectivity index (χ1) is 18.4. The average molecular weight is 566 g/mol. The summed E-state index contributed by atoms with van der Waals surface area (Å²) in [6, 6.07) is 28.2. The van der Waals surface area contributed by atoms with Crippen molar-refractivity contribution in [1.82, 2.24) is 0 Å². The Hall–Kier alpha value is -2.33. The van der Waals surface area contributed by atoms with Gasteiger partial charge in [-0.3, -0.25) is 0 Å². The summed E-state index contributed by atoms with van der Waals surface area (Å²) < 4.78 is 13.1. The number of likely N-dealkylation sites (N-methyl/N-ethyl adjacent to an activating group) is 1. The Morgan fingerprint density at radius 3 is 1.93 bits per heavy atom. The zero-order chi connectivity index (χ0) is 28.5. The SMILES string of the molecule is CC(C)C(C)(CC(C)(C)C)c1ccc(OCCOCC[N+](C)(C)Cc2ccccc2)cc1Cc1ccccc1.[Cl-]. The number of hydrogen-bond donors (Lipinski definition) is 0. The third kappa shape index (κ3) is 10.6. The summed E-state index contributed by atoms with van der Waals surface area (Å²) in [5.41, 5.74) is 5.81. The van der Waals surface area contributed by atoms with Crippen LogP contribution in [-0.4, -0.2) is 44.9 Å². The lowest BCUT2D eigenvalue weighted by molar-refractivity contribution is -0.904. The highest BCUT2D eigenvalue weighted by Crippen LogP contribution is 2.44. The molecule has 0 spiro atoms. The Labute approximate surface area is 250 Å². The van der Waals surface area contributed by atoms with Crippen molar-refractivity contribution in [3.8, 4) is 5.75 Å². The molecule has 3 aromatic carbocycles. The van der Waals surface area contributed by atoms with E-state index in [1.807, 2.05) is 0 Å². The summed E-state index contributed by atoms with van der Waals surface area (Å²) in [4.78, 5) is 0. The molecule has 0 aliphatic heterocycles. The summed E-state index contributed by atoms with van der Waals surface area (Å²) in [6.45, 7) is 18.1. The van der Waals surface area contributed by atoms with Crippen molar-refractivity contribution in [3.05, 3.63) is 101 Å². The van der Waals surface area contributed by atoms with Gasteiger partial charge in [0.05, 0.1) is 27.3 Å². The van der Waals surface area contributed by atoms with E-state index in [1.165, 1.54) is 22.3 Å². The fourth-order valence-electron chi connectivity index (χ4n) is 5.68. The molecular weight excluding hydrogens is 514 g/mol. The maximum atomic E-state index is 6.21. The summed E-state index contributed by atoms with van der Waals surface area (Å²) in [7, 11) is 4.51. The van der Waals surface area contributed by atoms with E-state index in [2.05, 4.69) is 135 Å². The van der Waals surface area contributed by atoms with E-state index in [0.29, 0.717) is 19.1 Å². The number of ether oxygens (including phenoxy) is 2. The van der Waals surface area contributed by atoms with E-state index in [0.717, 1.165) is 42.8 Å². The molecule has 0 aromatic heterocycles. The minimum Gasteiger partial charge on any atom is -1.00 e. The second-order valence-electron chi connectivity index (χ2n) is 13.6. The second-order valence-corrected chi connectivity index (χ2v) is 13.6. The van der Waals surface area contributed by atoms with Crippen LogP contribution >= 0.6 is 0 Å². The van der Waals surface area contributed by atoms with Crippen LogP contribution in [0.1, 0.15) is 70.2 Å². The highest BCUT2D eigenvalue weighted by molar-refractivity contribution is 5.43. The van der Waals surface area contributed by atoms with Gasteiger partial charge >= 0.3 is 0 Å². The molecule has 3 aromatic rings. The highest BCUT2D eigenvalue weighted by Gasteiger charge is 2.36. The molecule has 0 aliphatic rings. The third-order valence-electron chi connectivity index (χ3n) is 7.89. The van der Waals surface area contributed by atoms with Crippen molar-refractivity contribution < 1.29 is 26.4 Å². The van der Waals surface area contributed by atoms with Crippen LogP contribution in [0.4, 0.5) is 0 Å². The van der Waals surface area contributed by atoms with Gasteiger partial charge in [0.1, 0.15) is 25.4 Å². The predicted octanol–water partition coefficient (Wildman–Crippen LogP) is 5.30. The molecule has 220 valence electrons. The van der Waals surface area contributed by atoms with Crippen LogP contribution in [0.25, 0.3) is 0 Å². The zero-order valence-electron chi connectivity index (χ0n) is 26.2. The lowest BCUT2D eigenvalue weighted by atomic mass is 9.63. The Kier molecular flexibility index (Phi) is 12.7. The second kappa shape index (κ2) is 15.1. The molecule has 3 nitrogen and oxygen atoms in total. The molecule has 0 N–H and O–H groups in total. The van der Waals surface area contributed by atoms with E-state index < -0.39 is 0 Å². The maximum Gasteiger partial charge on any atom is 0.119 e. The number of hydrogen-bond acceptors (Lipinski definition) is 2. The molecule has 4 heteroatoms. The number of rotatable bonds is 14. The van der Waals surface area contributed by atoms with Gasteiger partial charge in [0.25, 0.3) is 0 Å². The van der Waals surface area contributed by atoms with Gasteiger partial charge in [-0.05, 0) is 58.4 Å². The number of benzene rings is 3. The molecule has 0 radical (unpaired) electrons. The number of quaternary nitrogens is 1. The molecule has 0 fully saturated rings. The van der Waals surface area contributed by atoms with Gasteiger partial charge in [-0.1, -0.05) is 108 Å². The van der Waals surface area contributed by atoms with Gasteiger partial charge < -0.3 is 26.4 Å². The molecule has 0 heterocycles. The fourth-order valence-corrected chi connectivity index (χ4v) is 5.68. The molecular formula is C36H52ClNO2. The average Bonchev–Trinajstić information content (AvgIpc) is 2.86. The molecule has 0 saturated heterocycles. The first-order valence-corrected chi connectivity index (χ1v) is 14.6. The first kappa shape index (κ1) is 33.9. The quantitative estimate of drug-likeness (QED) is 0.195. The van der Waals surface area contributed by atoms with Gasteiger partial charge in [0.15, 0.2) is 0 Å². The van der Waals surface area contributed by atoms with E-state index in [-0.39, 0.29) is 23.2 Å². The van der Waals surface area contributed by atoms with Crippen LogP contribution in [0.5, 0.6) is 5.75 Å².